The predicted molar refractivity (Wildman–Crippen MR) is 147 cm³/mol. The largest absolute Gasteiger partial charge is 0.355 e. The van der Waals surface area contributed by atoms with Crippen molar-refractivity contribution in [1.82, 2.24) is 24.9 Å². The first-order valence-electron chi connectivity index (χ1n) is 11.1. The molecular formula is C30H25N5. The number of para-hydroxylation sites is 1. The molecule has 2 aliphatic rings. The minimum atomic E-state index is 0. The summed E-state index contributed by atoms with van der Waals surface area (Å²) in [4.78, 5) is 20.2. The highest BCUT2D eigenvalue weighted by atomic mass is 14.8. The van der Waals surface area contributed by atoms with E-state index in [-0.39, 0.29) is 7.43 Å². The van der Waals surface area contributed by atoms with Crippen LogP contribution in [0.15, 0.2) is 91.1 Å². The summed E-state index contributed by atoms with van der Waals surface area (Å²) in [7, 11) is 0. The Labute approximate surface area is 203 Å². The van der Waals surface area contributed by atoms with Gasteiger partial charge in [0.15, 0.2) is 0 Å². The van der Waals surface area contributed by atoms with Gasteiger partial charge in [-0.15, -0.1) is 0 Å². The van der Waals surface area contributed by atoms with Crippen molar-refractivity contribution >= 4 is 57.3 Å². The van der Waals surface area contributed by atoms with Crippen molar-refractivity contribution in [3.8, 4) is 0 Å². The molecule has 2 aliphatic heterocycles. The van der Waals surface area contributed by atoms with Crippen molar-refractivity contribution in [2.45, 2.75) is 7.43 Å². The molecule has 0 saturated heterocycles. The van der Waals surface area contributed by atoms with E-state index in [0.29, 0.717) is 0 Å². The van der Waals surface area contributed by atoms with E-state index in [1.807, 2.05) is 73.0 Å². The maximum Gasteiger partial charge on any atom is 0.0701 e. The minimum absolute atomic E-state index is 0. The number of H-pyrrole nitrogens is 2. The van der Waals surface area contributed by atoms with Gasteiger partial charge in [-0.25, -0.2) is 9.97 Å². The number of hydrogen-bond donors (Lipinski definition) is 2. The highest BCUT2D eigenvalue weighted by molar-refractivity contribution is 5.78. The van der Waals surface area contributed by atoms with E-state index in [1.54, 1.807) is 0 Å². The number of hydrogen-bond acceptors (Lipinski definition) is 3. The second-order valence-corrected chi connectivity index (χ2v) is 8.10. The predicted octanol–water partition coefficient (Wildman–Crippen LogP) is 7.53. The third-order valence-corrected chi connectivity index (χ3v) is 5.55. The maximum atomic E-state index is 4.62. The smallest absolute Gasteiger partial charge is 0.0701 e. The quantitative estimate of drug-likeness (QED) is 0.248. The number of benzene rings is 1. The van der Waals surface area contributed by atoms with Crippen LogP contribution in [0.3, 0.4) is 0 Å². The molecule has 5 heteroatoms. The van der Waals surface area contributed by atoms with Gasteiger partial charge in [0.2, 0.25) is 0 Å². The van der Waals surface area contributed by atoms with Crippen molar-refractivity contribution in [2.24, 2.45) is 0 Å². The van der Waals surface area contributed by atoms with Gasteiger partial charge in [0.1, 0.15) is 0 Å². The van der Waals surface area contributed by atoms with Crippen LogP contribution in [-0.2, 0) is 0 Å². The number of aromatic nitrogens is 5. The molecule has 1 aromatic carbocycles. The van der Waals surface area contributed by atoms with Gasteiger partial charge in [-0.3, -0.25) is 4.98 Å². The average molecular weight is 456 g/mol. The lowest BCUT2D eigenvalue weighted by Gasteiger charge is -1.91. The van der Waals surface area contributed by atoms with Crippen LogP contribution in [0.4, 0.5) is 0 Å². The van der Waals surface area contributed by atoms with E-state index >= 15 is 0 Å². The van der Waals surface area contributed by atoms with Crippen molar-refractivity contribution in [2.75, 3.05) is 0 Å². The molecule has 0 radical (unpaired) electrons. The molecule has 0 aliphatic carbocycles. The van der Waals surface area contributed by atoms with Gasteiger partial charge in [0.25, 0.3) is 0 Å². The zero-order valence-electron chi connectivity index (χ0n) is 18.3. The molecule has 4 aromatic heterocycles. The Morgan fingerprint density at radius 3 is 1.54 bits per heavy atom. The zero-order chi connectivity index (χ0) is 22.7. The molecule has 0 spiro atoms. The number of pyridine rings is 1. The molecule has 0 atom stereocenters. The monoisotopic (exact) mass is 455 g/mol. The Kier molecular flexibility index (Phi) is 6.05. The molecule has 0 saturated carbocycles. The lowest BCUT2D eigenvalue weighted by Crippen LogP contribution is -1.77. The van der Waals surface area contributed by atoms with E-state index in [9.17, 15) is 0 Å². The molecule has 0 unspecified atom stereocenters. The van der Waals surface area contributed by atoms with Crippen molar-refractivity contribution < 1.29 is 0 Å². The molecular weight excluding hydrogens is 430 g/mol. The fourth-order valence-electron chi connectivity index (χ4n) is 3.96. The van der Waals surface area contributed by atoms with Crippen molar-refractivity contribution in [3.05, 3.63) is 114 Å². The van der Waals surface area contributed by atoms with Crippen LogP contribution in [0.25, 0.3) is 57.3 Å². The minimum Gasteiger partial charge on any atom is -0.355 e. The second kappa shape index (κ2) is 9.61. The number of nitrogens with zero attached hydrogens (tertiary/aromatic N) is 3. The Morgan fingerprint density at radius 1 is 0.486 bits per heavy atom. The third-order valence-electron chi connectivity index (χ3n) is 5.55. The van der Waals surface area contributed by atoms with Gasteiger partial charge in [-0.1, -0.05) is 31.7 Å². The lowest BCUT2D eigenvalue weighted by atomic mass is 10.2. The topological polar surface area (TPSA) is 70.2 Å². The van der Waals surface area contributed by atoms with Gasteiger partial charge in [0, 0.05) is 33.6 Å². The first-order valence-corrected chi connectivity index (χ1v) is 11.1. The van der Waals surface area contributed by atoms with Gasteiger partial charge in [0.05, 0.1) is 28.3 Å². The van der Waals surface area contributed by atoms with E-state index < -0.39 is 0 Å². The summed E-state index contributed by atoms with van der Waals surface area (Å²) >= 11 is 0. The summed E-state index contributed by atoms with van der Waals surface area (Å²) in [6.45, 7) is 0. The number of nitrogens with one attached hydrogen (secondary N) is 2. The van der Waals surface area contributed by atoms with Crippen LogP contribution in [-0.4, -0.2) is 24.9 Å². The lowest BCUT2D eigenvalue weighted by molar-refractivity contribution is 1.28. The molecule has 7 rings (SSSR count). The molecule has 8 bridgehead atoms. The second-order valence-electron chi connectivity index (χ2n) is 8.10. The molecule has 0 fully saturated rings. The van der Waals surface area contributed by atoms with Crippen LogP contribution in [0.1, 0.15) is 30.2 Å². The fourth-order valence-corrected chi connectivity index (χ4v) is 3.96. The molecule has 170 valence electrons. The summed E-state index contributed by atoms with van der Waals surface area (Å²) in [5.41, 5.74) is 8.92. The van der Waals surface area contributed by atoms with Gasteiger partial charge < -0.3 is 9.97 Å². The zero-order valence-corrected chi connectivity index (χ0v) is 18.3. The average Bonchev–Trinajstić information content (AvgIpc) is 3.66. The van der Waals surface area contributed by atoms with E-state index in [0.717, 1.165) is 50.4 Å². The summed E-state index contributed by atoms with van der Waals surface area (Å²) in [6.07, 6.45) is 9.86. The van der Waals surface area contributed by atoms with E-state index in [4.69, 9.17) is 0 Å². The fraction of sp³-hybridized carbons (Fsp3) is 0.0333. The molecule has 5 nitrogen and oxygen atoms in total. The molecule has 5 aromatic rings. The van der Waals surface area contributed by atoms with Crippen molar-refractivity contribution in [1.29, 1.82) is 0 Å². The van der Waals surface area contributed by atoms with Gasteiger partial charge in [-0.2, -0.15) is 0 Å². The Bertz CT molecular complexity index is 1570. The summed E-state index contributed by atoms with van der Waals surface area (Å²) in [6, 6.07) is 28.5. The van der Waals surface area contributed by atoms with Crippen LogP contribution in [0, 0.1) is 0 Å². The SMILES string of the molecule is C.C1=Cc2cc3ccc(cc4ccc(cc5nc(cc1n2)C=C5)[nH]4)[nH]3.c1ccc2ncccc2c1. The standard InChI is InChI=1S/C20H14N4.C9H7N.CH4/c1-2-14-10-16-5-6-18(23-16)12-20-8-7-19(24-20)11-17-4-3-15(22-17)9-13(1)21-14;1-2-6-9-8(4-1)5-3-7-10-9;/h1-12,21-22H;1-7H;1H4. The van der Waals surface area contributed by atoms with Crippen LogP contribution in [0.5, 0.6) is 0 Å². The van der Waals surface area contributed by atoms with Gasteiger partial charge >= 0.3 is 0 Å². The van der Waals surface area contributed by atoms with E-state index in [2.05, 4.69) is 67.4 Å². The number of aromatic amines is 2. The van der Waals surface area contributed by atoms with Crippen molar-refractivity contribution in [3.63, 3.8) is 0 Å². The number of fused-ring (bicyclic) bond motifs is 9. The van der Waals surface area contributed by atoms with Crippen LogP contribution >= 0.6 is 0 Å². The molecule has 35 heavy (non-hydrogen) atoms. The molecule has 6 heterocycles. The summed E-state index contributed by atoms with van der Waals surface area (Å²) < 4.78 is 0. The molecule has 0 amide bonds. The van der Waals surface area contributed by atoms with Crippen LogP contribution in [0.2, 0.25) is 0 Å². The summed E-state index contributed by atoms with van der Waals surface area (Å²) in [5.74, 6) is 0. The number of rotatable bonds is 0. The van der Waals surface area contributed by atoms with Gasteiger partial charge in [-0.05, 0) is 85.0 Å². The highest BCUT2D eigenvalue weighted by Crippen LogP contribution is 2.17. The first-order chi connectivity index (χ1) is 16.8. The van der Waals surface area contributed by atoms with Crippen LogP contribution < -0.4 is 0 Å². The normalized spacial score (nSPS) is 11.5. The maximum absolute atomic E-state index is 4.62. The third kappa shape index (κ3) is 5.09. The first kappa shape index (κ1) is 22.0. The Morgan fingerprint density at radius 2 is 0.971 bits per heavy atom. The van der Waals surface area contributed by atoms with E-state index in [1.165, 1.54) is 5.39 Å². The highest BCUT2D eigenvalue weighted by Gasteiger charge is 2.02. The Hall–Kier alpha value is -4.77. The Balaban J connectivity index is 0.000000194. The molecule has 2 N–H and O–H groups in total. The summed E-state index contributed by atoms with van der Waals surface area (Å²) in [5, 5.41) is 1.20.